The molecule has 1 N–H and O–H groups in total. The lowest BCUT2D eigenvalue weighted by Gasteiger charge is -2.23. The van der Waals surface area contributed by atoms with Crippen LogP contribution >= 0.6 is 11.6 Å². The molecule has 0 bridgehead atoms. The first-order valence-electron chi connectivity index (χ1n) is 8.56. The molecule has 0 atom stereocenters. The van der Waals surface area contributed by atoms with Crippen LogP contribution in [-0.4, -0.2) is 38.3 Å². The number of carbonyl (C=O) groups is 1. The minimum absolute atomic E-state index is 0.160. The zero-order chi connectivity index (χ0) is 18.8. The molecule has 2 rings (SSSR count). The topological polar surface area (TPSA) is 50.8 Å². The fraction of sp³-hybridized carbons (Fsp3) is 0.350. The lowest BCUT2D eigenvalue weighted by atomic mass is 10.2. The fourth-order valence-electron chi connectivity index (χ4n) is 2.55. The summed E-state index contributed by atoms with van der Waals surface area (Å²) < 4.78 is 10.2. The number of hydrogen-bond donors (Lipinski definition) is 1. The van der Waals surface area contributed by atoms with Crippen molar-refractivity contribution in [2.75, 3.05) is 32.7 Å². The van der Waals surface area contributed by atoms with Gasteiger partial charge >= 0.3 is 6.03 Å². The molecule has 0 fully saturated rings. The molecule has 0 radical (unpaired) electrons. The maximum absolute atomic E-state index is 12.8. The maximum atomic E-state index is 12.8. The highest BCUT2D eigenvalue weighted by Crippen LogP contribution is 2.27. The van der Waals surface area contributed by atoms with Crippen LogP contribution in [0.4, 0.5) is 10.5 Å². The summed E-state index contributed by atoms with van der Waals surface area (Å²) in [5, 5.41) is 3.37. The molecule has 0 saturated carbocycles. The summed E-state index contributed by atoms with van der Waals surface area (Å²) in [6.45, 7) is 1.88. The van der Waals surface area contributed by atoms with Gasteiger partial charge in [-0.1, -0.05) is 41.9 Å². The Kier molecular flexibility index (Phi) is 8.25. The maximum Gasteiger partial charge on any atom is 0.322 e. The van der Waals surface area contributed by atoms with Gasteiger partial charge in [0.1, 0.15) is 5.75 Å². The number of unbranched alkanes of at least 4 members (excludes halogenated alkanes) is 1. The lowest BCUT2D eigenvalue weighted by molar-refractivity contribution is 0.182. The second kappa shape index (κ2) is 10.7. The predicted molar refractivity (Wildman–Crippen MR) is 105 cm³/mol. The number of amides is 2. The average Bonchev–Trinajstić information content (AvgIpc) is 2.65. The summed E-state index contributed by atoms with van der Waals surface area (Å²) >= 11 is 6.14. The Bertz CT molecular complexity index is 695. The lowest BCUT2D eigenvalue weighted by Crippen LogP contribution is -2.35. The molecule has 0 saturated heterocycles. The van der Waals surface area contributed by atoms with E-state index in [0.717, 1.165) is 18.4 Å². The molecule has 0 aromatic heterocycles. The van der Waals surface area contributed by atoms with E-state index in [1.54, 1.807) is 37.3 Å². The molecule has 0 unspecified atom stereocenters. The van der Waals surface area contributed by atoms with Gasteiger partial charge in [-0.3, -0.25) is 0 Å². The Morgan fingerprint density at radius 1 is 1.12 bits per heavy atom. The third-order valence-corrected chi connectivity index (χ3v) is 4.23. The third kappa shape index (κ3) is 6.24. The number of urea groups is 1. The SMILES string of the molecule is COCCCCN(Cc1ccccc1)C(=O)Nc1ccc(OC)c(Cl)c1. The molecular formula is C20H25ClN2O3. The van der Waals surface area contributed by atoms with E-state index in [0.29, 0.717) is 36.2 Å². The van der Waals surface area contributed by atoms with Gasteiger partial charge in [0.25, 0.3) is 0 Å². The van der Waals surface area contributed by atoms with E-state index in [1.165, 1.54) is 0 Å². The zero-order valence-electron chi connectivity index (χ0n) is 15.2. The Labute approximate surface area is 159 Å². The van der Waals surface area contributed by atoms with Crippen molar-refractivity contribution < 1.29 is 14.3 Å². The summed E-state index contributed by atoms with van der Waals surface area (Å²) in [5.74, 6) is 0.574. The molecule has 6 heteroatoms. The van der Waals surface area contributed by atoms with Gasteiger partial charge in [0.2, 0.25) is 0 Å². The standard InChI is InChI=1S/C20H25ClN2O3/c1-25-13-7-6-12-23(15-16-8-4-3-5-9-16)20(24)22-17-10-11-19(26-2)18(21)14-17/h3-5,8-11,14H,6-7,12-13,15H2,1-2H3,(H,22,24). The monoisotopic (exact) mass is 376 g/mol. The van der Waals surface area contributed by atoms with Crippen LogP contribution in [0.5, 0.6) is 5.75 Å². The Morgan fingerprint density at radius 2 is 1.88 bits per heavy atom. The van der Waals surface area contributed by atoms with Crippen LogP contribution in [0.3, 0.4) is 0 Å². The van der Waals surface area contributed by atoms with Gasteiger partial charge in [-0.15, -0.1) is 0 Å². The van der Waals surface area contributed by atoms with Crippen LogP contribution in [0.2, 0.25) is 5.02 Å². The third-order valence-electron chi connectivity index (χ3n) is 3.93. The highest BCUT2D eigenvalue weighted by atomic mass is 35.5. The van der Waals surface area contributed by atoms with E-state index < -0.39 is 0 Å². The number of nitrogens with one attached hydrogen (secondary N) is 1. The first-order chi connectivity index (χ1) is 12.6. The largest absolute Gasteiger partial charge is 0.495 e. The highest BCUT2D eigenvalue weighted by molar-refractivity contribution is 6.32. The van der Waals surface area contributed by atoms with Gasteiger partial charge in [0, 0.05) is 32.5 Å². The van der Waals surface area contributed by atoms with Crippen LogP contribution in [0.25, 0.3) is 0 Å². The van der Waals surface area contributed by atoms with Crippen LogP contribution in [0.1, 0.15) is 18.4 Å². The normalized spacial score (nSPS) is 10.4. The van der Waals surface area contributed by atoms with Crippen molar-refractivity contribution in [1.82, 2.24) is 4.90 Å². The van der Waals surface area contributed by atoms with Gasteiger partial charge in [-0.05, 0) is 36.6 Å². The average molecular weight is 377 g/mol. The number of benzene rings is 2. The summed E-state index contributed by atoms with van der Waals surface area (Å²) in [6.07, 6.45) is 1.78. The molecule has 26 heavy (non-hydrogen) atoms. The predicted octanol–water partition coefficient (Wildman–Crippen LogP) is 4.81. The fourth-order valence-corrected chi connectivity index (χ4v) is 2.81. The smallest absolute Gasteiger partial charge is 0.322 e. The Hall–Kier alpha value is -2.24. The molecule has 2 aromatic carbocycles. The van der Waals surface area contributed by atoms with Gasteiger partial charge in [0.05, 0.1) is 12.1 Å². The van der Waals surface area contributed by atoms with Crippen molar-refractivity contribution >= 4 is 23.3 Å². The van der Waals surface area contributed by atoms with Crippen molar-refractivity contribution in [3.8, 4) is 5.75 Å². The number of carbonyl (C=O) groups excluding carboxylic acids is 1. The van der Waals surface area contributed by atoms with Crippen molar-refractivity contribution in [3.63, 3.8) is 0 Å². The van der Waals surface area contributed by atoms with Crippen molar-refractivity contribution in [2.24, 2.45) is 0 Å². The van der Waals surface area contributed by atoms with Crippen LogP contribution in [-0.2, 0) is 11.3 Å². The molecule has 0 aliphatic carbocycles. The van der Waals surface area contributed by atoms with Gasteiger partial charge in [-0.25, -0.2) is 4.79 Å². The van der Waals surface area contributed by atoms with Crippen molar-refractivity contribution in [2.45, 2.75) is 19.4 Å². The minimum Gasteiger partial charge on any atom is -0.495 e. The van der Waals surface area contributed by atoms with E-state index >= 15 is 0 Å². The molecule has 2 amide bonds. The first kappa shape index (κ1) is 20.1. The van der Waals surface area contributed by atoms with Gasteiger partial charge < -0.3 is 19.7 Å². The van der Waals surface area contributed by atoms with Crippen LogP contribution in [0, 0.1) is 0 Å². The minimum atomic E-state index is -0.160. The number of rotatable bonds is 9. The molecule has 0 heterocycles. The number of hydrogen-bond acceptors (Lipinski definition) is 3. The van der Waals surface area contributed by atoms with E-state index in [2.05, 4.69) is 5.32 Å². The number of ether oxygens (including phenoxy) is 2. The summed E-state index contributed by atoms with van der Waals surface area (Å²) in [4.78, 5) is 14.6. The second-order valence-corrected chi connectivity index (χ2v) is 6.29. The van der Waals surface area contributed by atoms with Gasteiger partial charge in [-0.2, -0.15) is 0 Å². The molecule has 0 spiro atoms. The number of anilines is 1. The zero-order valence-corrected chi connectivity index (χ0v) is 16.0. The molecule has 0 aliphatic rings. The number of halogens is 1. The first-order valence-corrected chi connectivity index (χ1v) is 8.94. The van der Waals surface area contributed by atoms with E-state index in [9.17, 15) is 4.79 Å². The van der Waals surface area contributed by atoms with Crippen molar-refractivity contribution in [1.29, 1.82) is 0 Å². The number of methoxy groups -OCH3 is 2. The molecule has 5 nitrogen and oxygen atoms in total. The second-order valence-electron chi connectivity index (χ2n) is 5.89. The molecular weight excluding hydrogens is 352 g/mol. The van der Waals surface area contributed by atoms with E-state index in [4.69, 9.17) is 21.1 Å². The van der Waals surface area contributed by atoms with E-state index in [1.807, 2.05) is 30.3 Å². The quantitative estimate of drug-likeness (QED) is 0.639. The van der Waals surface area contributed by atoms with Crippen molar-refractivity contribution in [3.05, 3.63) is 59.1 Å². The number of nitrogens with zero attached hydrogens (tertiary/aromatic N) is 1. The molecule has 2 aromatic rings. The van der Waals surface area contributed by atoms with Crippen LogP contribution in [0.15, 0.2) is 48.5 Å². The van der Waals surface area contributed by atoms with Gasteiger partial charge in [0.15, 0.2) is 0 Å². The molecule has 0 aliphatic heterocycles. The Balaban J connectivity index is 2.04. The Morgan fingerprint density at radius 3 is 2.54 bits per heavy atom. The summed E-state index contributed by atoms with van der Waals surface area (Å²) in [5.41, 5.74) is 1.72. The highest BCUT2D eigenvalue weighted by Gasteiger charge is 2.14. The molecule has 140 valence electrons. The van der Waals surface area contributed by atoms with E-state index in [-0.39, 0.29) is 6.03 Å². The summed E-state index contributed by atoms with van der Waals surface area (Å²) in [7, 11) is 3.24. The summed E-state index contributed by atoms with van der Waals surface area (Å²) in [6, 6.07) is 15.0. The van der Waals surface area contributed by atoms with Crippen LogP contribution < -0.4 is 10.1 Å².